The number of rotatable bonds is 5. The van der Waals surface area contributed by atoms with Crippen molar-refractivity contribution in [3.05, 3.63) is 0 Å². The summed E-state index contributed by atoms with van der Waals surface area (Å²) in [6.45, 7) is 0. The van der Waals surface area contributed by atoms with Crippen molar-refractivity contribution in [1.29, 1.82) is 0 Å². The Balaban J connectivity index is 1.64. The van der Waals surface area contributed by atoms with Gasteiger partial charge in [-0.25, -0.2) is 8.42 Å². The van der Waals surface area contributed by atoms with Gasteiger partial charge in [0.25, 0.3) is 0 Å². The van der Waals surface area contributed by atoms with Crippen LogP contribution in [0.3, 0.4) is 0 Å². The second-order valence-corrected chi connectivity index (χ2v) is 8.85. The first kappa shape index (κ1) is 14.3. The van der Waals surface area contributed by atoms with Crippen LogP contribution in [0.2, 0.25) is 0 Å². The molecule has 0 aromatic carbocycles. The van der Waals surface area contributed by atoms with E-state index in [4.69, 9.17) is 4.74 Å². The summed E-state index contributed by atoms with van der Waals surface area (Å²) in [6, 6.07) is 0.156. The maximum Gasteiger partial charge on any atom is 0.237 e. The van der Waals surface area contributed by atoms with E-state index in [0.717, 1.165) is 32.1 Å². The molecular formula is C14H23NO4S. The summed E-state index contributed by atoms with van der Waals surface area (Å²) in [6.07, 6.45) is 5.86. The van der Waals surface area contributed by atoms with Gasteiger partial charge in [-0.15, -0.1) is 0 Å². The predicted octanol–water partition coefficient (Wildman–Crippen LogP) is 0.980. The standard InChI is InChI=1S/C14H23NO4S/c1-15(13(16)9-20(17,18)10-4-5-10)11-8-12(19-2)14(11)6-3-7-14/h10-12H,3-9H2,1-2H3. The highest BCUT2D eigenvalue weighted by molar-refractivity contribution is 7.93. The van der Waals surface area contributed by atoms with E-state index in [1.54, 1.807) is 19.1 Å². The van der Waals surface area contributed by atoms with Crippen LogP contribution in [0.1, 0.15) is 38.5 Å². The fraction of sp³-hybridized carbons (Fsp3) is 0.929. The van der Waals surface area contributed by atoms with Crippen molar-refractivity contribution in [1.82, 2.24) is 4.90 Å². The Labute approximate surface area is 120 Å². The van der Waals surface area contributed by atoms with E-state index < -0.39 is 9.84 Å². The fourth-order valence-corrected chi connectivity index (χ4v) is 5.47. The average Bonchev–Trinajstić information content (AvgIpc) is 3.09. The first-order valence-corrected chi connectivity index (χ1v) is 9.12. The minimum absolute atomic E-state index is 0.0997. The molecule has 0 N–H and O–H groups in total. The van der Waals surface area contributed by atoms with Crippen LogP contribution >= 0.6 is 0 Å². The molecule has 6 heteroatoms. The maximum absolute atomic E-state index is 12.3. The minimum atomic E-state index is -3.22. The van der Waals surface area contributed by atoms with Gasteiger partial charge in [0.2, 0.25) is 5.91 Å². The maximum atomic E-state index is 12.3. The SMILES string of the molecule is COC1CC(N(C)C(=O)CS(=O)(=O)C2CC2)C12CCC2. The summed E-state index contributed by atoms with van der Waals surface area (Å²) in [4.78, 5) is 13.9. The van der Waals surface area contributed by atoms with Crippen molar-refractivity contribution >= 4 is 15.7 Å². The van der Waals surface area contributed by atoms with Gasteiger partial charge in [-0.05, 0) is 32.1 Å². The molecule has 0 aliphatic heterocycles. The zero-order valence-electron chi connectivity index (χ0n) is 12.2. The molecule has 2 atom stereocenters. The number of ether oxygens (including phenoxy) is 1. The molecule has 0 saturated heterocycles. The topological polar surface area (TPSA) is 63.7 Å². The van der Waals surface area contributed by atoms with E-state index in [2.05, 4.69) is 0 Å². The highest BCUT2D eigenvalue weighted by Crippen LogP contribution is 2.58. The van der Waals surface area contributed by atoms with Crippen molar-refractivity contribution in [2.24, 2.45) is 5.41 Å². The minimum Gasteiger partial charge on any atom is -0.381 e. The molecule has 0 aromatic rings. The average molecular weight is 301 g/mol. The van der Waals surface area contributed by atoms with Crippen molar-refractivity contribution in [3.8, 4) is 0 Å². The van der Waals surface area contributed by atoms with E-state index in [9.17, 15) is 13.2 Å². The van der Waals surface area contributed by atoms with Crippen LogP contribution in [0.4, 0.5) is 0 Å². The van der Waals surface area contributed by atoms with Crippen molar-refractivity contribution in [2.75, 3.05) is 19.9 Å². The molecule has 3 aliphatic carbocycles. The Morgan fingerprint density at radius 1 is 1.35 bits per heavy atom. The summed E-state index contributed by atoms with van der Waals surface area (Å²) in [5.74, 6) is -0.569. The normalized spacial score (nSPS) is 31.5. The third-order valence-corrected chi connectivity index (χ3v) is 7.67. The number of amides is 1. The predicted molar refractivity (Wildman–Crippen MR) is 75.1 cm³/mol. The van der Waals surface area contributed by atoms with Gasteiger partial charge < -0.3 is 9.64 Å². The summed E-state index contributed by atoms with van der Waals surface area (Å²) >= 11 is 0. The van der Waals surface area contributed by atoms with E-state index in [1.165, 1.54) is 6.42 Å². The van der Waals surface area contributed by atoms with Crippen LogP contribution in [-0.4, -0.2) is 56.5 Å². The largest absolute Gasteiger partial charge is 0.381 e. The molecule has 0 aromatic heterocycles. The Bertz CT molecular complexity index is 507. The van der Waals surface area contributed by atoms with Crippen molar-refractivity contribution in [3.63, 3.8) is 0 Å². The first-order valence-electron chi connectivity index (χ1n) is 7.41. The molecule has 2 unspecified atom stereocenters. The number of sulfone groups is 1. The lowest BCUT2D eigenvalue weighted by atomic mass is 9.50. The number of hydrogen-bond acceptors (Lipinski definition) is 4. The van der Waals surface area contributed by atoms with Crippen molar-refractivity contribution in [2.45, 2.75) is 55.9 Å². The van der Waals surface area contributed by atoms with Gasteiger partial charge in [-0.3, -0.25) is 4.79 Å². The monoisotopic (exact) mass is 301 g/mol. The second kappa shape index (κ2) is 4.70. The summed E-state index contributed by atoms with van der Waals surface area (Å²) in [5.41, 5.74) is 0.0997. The third-order valence-electron chi connectivity index (χ3n) is 5.53. The van der Waals surface area contributed by atoms with E-state index >= 15 is 0 Å². The molecule has 114 valence electrons. The molecule has 20 heavy (non-hydrogen) atoms. The molecule has 0 bridgehead atoms. The molecule has 0 radical (unpaired) electrons. The van der Waals surface area contributed by atoms with Gasteiger partial charge >= 0.3 is 0 Å². The van der Waals surface area contributed by atoms with E-state index in [-0.39, 0.29) is 34.5 Å². The molecule has 3 rings (SSSR count). The second-order valence-electron chi connectivity index (χ2n) is 6.57. The molecule has 1 spiro atoms. The van der Waals surface area contributed by atoms with E-state index in [1.807, 2.05) is 0 Å². The molecule has 0 heterocycles. The number of nitrogens with zero attached hydrogens (tertiary/aromatic N) is 1. The zero-order chi connectivity index (χ0) is 14.5. The summed E-state index contributed by atoms with van der Waals surface area (Å²) in [7, 11) is 0.257. The van der Waals surface area contributed by atoms with Gasteiger partial charge in [0, 0.05) is 25.6 Å². The van der Waals surface area contributed by atoms with Crippen LogP contribution in [-0.2, 0) is 19.4 Å². The first-order chi connectivity index (χ1) is 9.40. The van der Waals surface area contributed by atoms with Gasteiger partial charge in [-0.2, -0.15) is 0 Å². The lowest BCUT2D eigenvalue weighted by Gasteiger charge is -2.62. The highest BCUT2D eigenvalue weighted by Gasteiger charge is 2.60. The molecule has 3 fully saturated rings. The van der Waals surface area contributed by atoms with Crippen LogP contribution in [0.5, 0.6) is 0 Å². The van der Waals surface area contributed by atoms with E-state index in [0.29, 0.717) is 0 Å². The van der Waals surface area contributed by atoms with Gasteiger partial charge in [0.05, 0.1) is 11.4 Å². The summed E-state index contributed by atoms with van der Waals surface area (Å²) < 4.78 is 29.4. The van der Waals surface area contributed by atoms with Gasteiger partial charge in [0.1, 0.15) is 5.75 Å². The quantitative estimate of drug-likeness (QED) is 0.759. The van der Waals surface area contributed by atoms with Crippen LogP contribution in [0, 0.1) is 5.41 Å². The highest BCUT2D eigenvalue weighted by atomic mass is 32.2. The summed E-state index contributed by atoms with van der Waals surface area (Å²) in [5, 5.41) is -0.259. The Kier molecular flexibility index (Phi) is 3.36. The molecule has 3 saturated carbocycles. The fourth-order valence-electron chi connectivity index (χ4n) is 3.83. The lowest BCUT2D eigenvalue weighted by molar-refractivity contribution is -0.193. The number of methoxy groups -OCH3 is 1. The van der Waals surface area contributed by atoms with Gasteiger partial charge in [-0.1, -0.05) is 6.42 Å². The number of carbonyl (C=O) groups is 1. The lowest BCUT2D eigenvalue weighted by Crippen LogP contribution is -2.68. The van der Waals surface area contributed by atoms with Crippen molar-refractivity contribution < 1.29 is 17.9 Å². The Morgan fingerprint density at radius 3 is 2.45 bits per heavy atom. The molecule has 1 amide bonds. The molecule has 5 nitrogen and oxygen atoms in total. The van der Waals surface area contributed by atoms with Gasteiger partial charge in [0.15, 0.2) is 9.84 Å². The Hall–Kier alpha value is -0.620. The Morgan fingerprint density at radius 2 is 2.00 bits per heavy atom. The number of hydrogen-bond donors (Lipinski definition) is 0. The van der Waals surface area contributed by atoms with Crippen LogP contribution < -0.4 is 0 Å². The molecular weight excluding hydrogens is 278 g/mol. The molecule has 3 aliphatic rings. The number of carbonyl (C=O) groups excluding carboxylic acids is 1. The van der Waals surface area contributed by atoms with Crippen LogP contribution in [0.25, 0.3) is 0 Å². The van der Waals surface area contributed by atoms with Crippen LogP contribution in [0.15, 0.2) is 0 Å². The third kappa shape index (κ3) is 2.08. The zero-order valence-corrected chi connectivity index (χ0v) is 13.0. The smallest absolute Gasteiger partial charge is 0.237 e.